The summed E-state index contributed by atoms with van der Waals surface area (Å²) in [7, 11) is 5.61. The molecule has 1 heterocycles. The van der Waals surface area contributed by atoms with Crippen molar-refractivity contribution in [1.29, 1.82) is 0 Å². The van der Waals surface area contributed by atoms with Gasteiger partial charge in [-0.25, -0.2) is 9.37 Å². The van der Waals surface area contributed by atoms with Crippen molar-refractivity contribution in [3.8, 4) is 5.75 Å². The van der Waals surface area contributed by atoms with E-state index in [1.165, 1.54) is 23.5 Å². The second kappa shape index (κ2) is 12.2. The highest BCUT2D eigenvalue weighted by molar-refractivity contribution is 7.99. The van der Waals surface area contributed by atoms with Crippen molar-refractivity contribution in [3.05, 3.63) is 48.3 Å². The van der Waals surface area contributed by atoms with Crippen LogP contribution in [0.1, 0.15) is 12.8 Å². The number of halogens is 2. The van der Waals surface area contributed by atoms with Gasteiger partial charge in [-0.1, -0.05) is 17.4 Å². The van der Waals surface area contributed by atoms with Gasteiger partial charge in [0.15, 0.2) is 5.13 Å². The number of carbonyl (C=O) groups is 1. The lowest BCUT2D eigenvalue weighted by atomic mass is 10.3. The molecule has 3 rings (SSSR count). The zero-order valence-corrected chi connectivity index (χ0v) is 20.3. The molecule has 3 aromatic rings. The SMILES string of the molecule is COc1cccc2sc(N(CCN(C)C)C(=O)CCCSc3ccc(F)cc3)nc12.Cl. The first-order chi connectivity index (χ1) is 14.5. The number of carbonyl (C=O) groups excluding carboxylic acids is 1. The third kappa shape index (κ3) is 7.07. The van der Waals surface area contributed by atoms with E-state index in [1.54, 1.807) is 35.9 Å². The van der Waals surface area contributed by atoms with E-state index in [0.29, 0.717) is 23.8 Å². The second-order valence-corrected chi connectivity index (χ2v) is 9.24. The number of amides is 1. The normalized spacial score (nSPS) is 10.9. The largest absolute Gasteiger partial charge is 0.494 e. The van der Waals surface area contributed by atoms with Crippen LogP contribution in [0.3, 0.4) is 0 Å². The summed E-state index contributed by atoms with van der Waals surface area (Å²) in [6, 6.07) is 12.2. The smallest absolute Gasteiger partial charge is 0.228 e. The Morgan fingerprint density at radius 1 is 1.16 bits per heavy atom. The molecule has 0 spiro atoms. The maximum absolute atomic E-state index is 13.0. The summed E-state index contributed by atoms with van der Waals surface area (Å²) in [5.74, 6) is 1.34. The number of rotatable bonds is 10. The monoisotopic (exact) mass is 483 g/mol. The molecule has 0 N–H and O–H groups in total. The maximum atomic E-state index is 13.0. The number of aromatic nitrogens is 1. The lowest BCUT2D eigenvalue weighted by molar-refractivity contribution is -0.118. The molecule has 0 bridgehead atoms. The Bertz CT molecular complexity index is 983. The number of benzene rings is 2. The van der Waals surface area contributed by atoms with E-state index in [1.807, 2.05) is 32.3 Å². The molecule has 0 fully saturated rings. The average molecular weight is 484 g/mol. The predicted molar refractivity (Wildman–Crippen MR) is 131 cm³/mol. The molecule has 168 valence electrons. The van der Waals surface area contributed by atoms with Gasteiger partial charge in [0, 0.05) is 24.4 Å². The molecular weight excluding hydrogens is 457 g/mol. The summed E-state index contributed by atoms with van der Waals surface area (Å²) in [5.41, 5.74) is 0.787. The standard InChI is InChI=1S/C22H26FN3O2S2.ClH/c1-25(2)13-14-26(22-24-21-18(28-3)6-4-7-19(21)30-22)20(27)8-5-15-29-17-11-9-16(23)10-12-17;/h4,6-7,9-12H,5,8,13-15H2,1-3H3;1H. The molecule has 1 amide bonds. The van der Waals surface area contributed by atoms with Crippen LogP contribution in [0.25, 0.3) is 10.2 Å². The highest BCUT2D eigenvalue weighted by Gasteiger charge is 2.20. The summed E-state index contributed by atoms with van der Waals surface area (Å²) in [6.07, 6.45) is 1.18. The lowest BCUT2D eigenvalue weighted by Gasteiger charge is -2.22. The lowest BCUT2D eigenvalue weighted by Crippen LogP contribution is -2.36. The minimum absolute atomic E-state index is 0. The van der Waals surface area contributed by atoms with Gasteiger partial charge in [0.2, 0.25) is 5.91 Å². The minimum atomic E-state index is -0.237. The van der Waals surface area contributed by atoms with Crippen molar-refractivity contribution in [3.63, 3.8) is 0 Å². The average Bonchev–Trinajstić information content (AvgIpc) is 3.16. The number of likely N-dealkylation sites (N-methyl/N-ethyl adjacent to an activating group) is 1. The van der Waals surface area contributed by atoms with Crippen LogP contribution in [0.2, 0.25) is 0 Å². The fourth-order valence-corrected chi connectivity index (χ4v) is 4.78. The third-order valence-electron chi connectivity index (χ3n) is 4.51. The van der Waals surface area contributed by atoms with Crippen LogP contribution in [-0.2, 0) is 4.79 Å². The van der Waals surface area contributed by atoms with E-state index in [-0.39, 0.29) is 24.1 Å². The molecule has 0 saturated heterocycles. The zero-order valence-electron chi connectivity index (χ0n) is 17.8. The predicted octanol–water partition coefficient (Wildman–Crippen LogP) is 5.33. The van der Waals surface area contributed by atoms with Gasteiger partial charge in [0.05, 0.1) is 11.8 Å². The van der Waals surface area contributed by atoms with Gasteiger partial charge >= 0.3 is 0 Å². The van der Waals surface area contributed by atoms with Crippen LogP contribution in [0.5, 0.6) is 5.75 Å². The molecule has 0 atom stereocenters. The first-order valence-electron chi connectivity index (χ1n) is 9.75. The third-order valence-corrected chi connectivity index (χ3v) is 6.65. The van der Waals surface area contributed by atoms with Gasteiger partial charge in [-0.15, -0.1) is 24.2 Å². The summed E-state index contributed by atoms with van der Waals surface area (Å²) < 4.78 is 19.4. The van der Waals surface area contributed by atoms with Crippen LogP contribution in [0.15, 0.2) is 47.4 Å². The Morgan fingerprint density at radius 2 is 1.90 bits per heavy atom. The Morgan fingerprint density at radius 3 is 2.58 bits per heavy atom. The molecule has 2 aromatic carbocycles. The second-order valence-electron chi connectivity index (χ2n) is 7.06. The number of thioether (sulfide) groups is 1. The quantitative estimate of drug-likeness (QED) is 0.288. The number of hydrogen-bond acceptors (Lipinski definition) is 6. The Kier molecular flexibility index (Phi) is 10.0. The van der Waals surface area contributed by atoms with E-state index in [0.717, 1.165) is 33.8 Å². The molecule has 0 unspecified atom stereocenters. The number of para-hydroxylation sites is 1. The van der Waals surface area contributed by atoms with Gasteiger partial charge in [-0.05, 0) is 62.7 Å². The van der Waals surface area contributed by atoms with Gasteiger partial charge in [0.1, 0.15) is 17.1 Å². The van der Waals surface area contributed by atoms with Gasteiger partial charge in [0.25, 0.3) is 0 Å². The topological polar surface area (TPSA) is 45.7 Å². The van der Waals surface area contributed by atoms with E-state index >= 15 is 0 Å². The number of hydrogen-bond donors (Lipinski definition) is 0. The van der Waals surface area contributed by atoms with Crippen molar-refractivity contribution in [2.45, 2.75) is 17.7 Å². The van der Waals surface area contributed by atoms with Gasteiger partial charge in [-0.2, -0.15) is 0 Å². The molecule has 0 aliphatic heterocycles. The number of thiazole rings is 1. The number of nitrogens with zero attached hydrogens (tertiary/aromatic N) is 3. The van der Waals surface area contributed by atoms with Crippen LogP contribution >= 0.6 is 35.5 Å². The van der Waals surface area contributed by atoms with Crippen LogP contribution in [-0.4, -0.2) is 55.8 Å². The van der Waals surface area contributed by atoms with Crippen molar-refractivity contribution >= 4 is 56.8 Å². The fourth-order valence-electron chi connectivity index (χ4n) is 2.90. The Labute approximate surface area is 197 Å². The molecule has 0 radical (unpaired) electrons. The molecule has 0 aliphatic rings. The van der Waals surface area contributed by atoms with E-state index in [4.69, 9.17) is 9.72 Å². The fraction of sp³-hybridized carbons (Fsp3) is 0.364. The number of anilines is 1. The molecular formula is C22H27ClFN3O2S2. The number of ether oxygens (including phenoxy) is 1. The first kappa shape index (κ1) is 25.4. The van der Waals surface area contributed by atoms with Crippen molar-refractivity contribution in [2.75, 3.05) is 44.9 Å². The number of fused-ring (bicyclic) bond motifs is 1. The Balaban J connectivity index is 0.00000341. The molecule has 5 nitrogen and oxygen atoms in total. The first-order valence-corrected chi connectivity index (χ1v) is 11.5. The van der Waals surface area contributed by atoms with E-state index < -0.39 is 0 Å². The Hall–Kier alpha value is -1.87. The summed E-state index contributed by atoms with van der Waals surface area (Å²) in [4.78, 5) is 22.6. The van der Waals surface area contributed by atoms with Crippen molar-refractivity contribution in [1.82, 2.24) is 9.88 Å². The highest BCUT2D eigenvalue weighted by Crippen LogP contribution is 2.34. The van der Waals surface area contributed by atoms with Crippen LogP contribution in [0, 0.1) is 5.82 Å². The van der Waals surface area contributed by atoms with Crippen molar-refractivity contribution in [2.24, 2.45) is 0 Å². The molecule has 0 aliphatic carbocycles. The van der Waals surface area contributed by atoms with E-state index in [9.17, 15) is 9.18 Å². The maximum Gasteiger partial charge on any atom is 0.228 e. The van der Waals surface area contributed by atoms with Crippen LogP contribution < -0.4 is 9.64 Å². The van der Waals surface area contributed by atoms with Gasteiger partial charge < -0.3 is 9.64 Å². The van der Waals surface area contributed by atoms with Crippen molar-refractivity contribution < 1.29 is 13.9 Å². The molecule has 1 aromatic heterocycles. The molecule has 9 heteroatoms. The zero-order chi connectivity index (χ0) is 21.5. The minimum Gasteiger partial charge on any atom is -0.494 e. The summed E-state index contributed by atoms with van der Waals surface area (Å²) >= 11 is 3.14. The summed E-state index contributed by atoms with van der Waals surface area (Å²) in [5, 5.41) is 0.701. The summed E-state index contributed by atoms with van der Waals surface area (Å²) in [6.45, 7) is 1.34. The molecule has 0 saturated carbocycles. The van der Waals surface area contributed by atoms with Gasteiger partial charge in [-0.3, -0.25) is 9.69 Å². The van der Waals surface area contributed by atoms with Crippen LogP contribution in [0.4, 0.5) is 9.52 Å². The highest BCUT2D eigenvalue weighted by atomic mass is 35.5. The molecule has 31 heavy (non-hydrogen) atoms. The number of methoxy groups -OCH3 is 1. The van der Waals surface area contributed by atoms with E-state index in [2.05, 4.69) is 4.90 Å².